The van der Waals surface area contributed by atoms with E-state index in [9.17, 15) is 13.2 Å². The summed E-state index contributed by atoms with van der Waals surface area (Å²) in [7, 11) is -4.48. The molecule has 0 atom stereocenters. The molecule has 3 nitrogen and oxygen atoms in total. The molecular weight excluding hydrogens is 201 g/mol. The van der Waals surface area contributed by atoms with Crippen molar-refractivity contribution in [3.8, 4) is 0 Å². The SMILES string of the molecule is C=C(C)CC1(F)COP(=O)(F)OC1. The lowest BCUT2D eigenvalue weighted by atomic mass is 10.00. The zero-order valence-electron chi connectivity index (χ0n) is 7.26. The summed E-state index contributed by atoms with van der Waals surface area (Å²) >= 11 is 0. The quantitative estimate of drug-likeness (QED) is 0.521. The van der Waals surface area contributed by atoms with Crippen LogP contribution in [0.4, 0.5) is 8.59 Å². The first-order valence-electron chi connectivity index (χ1n) is 3.75. The topological polar surface area (TPSA) is 35.5 Å². The van der Waals surface area contributed by atoms with E-state index in [0.717, 1.165) is 0 Å². The fraction of sp³-hybridized carbons (Fsp3) is 0.714. The highest BCUT2D eigenvalue weighted by molar-refractivity contribution is 7.48. The average Bonchev–Trinajstić information content (AvgIpc) is 1.95. The van der Waals surface area contributed by atoms with Gasteiger partial charge >= 0.3 is 7.91 Å². The van der Waals surface area contributed by atoms with Gasteiger partial charge in [0.15, 0.2) is 5.67 Å². The van der Waals surface area contributed by atoms with E-state index in [1.165, 1.54) is 0 Å². The lowest BCUT2D eigenvalue weighted by Gasteiger charge is -2.30. The lowest BCUT2D eigenvalue weighted by Crippen LogP contribution is -2.37. The summed E-state index contributed by atoms with van der Waals surface area (Å²) < 4.78 is 44.8. The minimum atomic E-state index is -4.48. The summed E-state index contributed by atoms with van der Waals surface area (Å²) in [4.78, 5) is 0. The molecule has 76 valence electrons. The summed E-state index contributed by atoms with van der Waals surface area (Å²) in [5.74, 6) is 0. The number of alkyl halides is 1. The highest BCUT2D eigenvalue weighted by atomic mass is 31.2. The Morgan fingerprint density at radius 1 is 1.62 bits per heavy atom. The average molecular weight is 212 g/mol. The fourth-order valence-corrected chi connectivity index (χ4v) is 1.95. The van der Waals surface area contributed by atoms with Crippen molar-refractivity contribution in [1.29, 1.82) is 0 Å². The Morgan fingerprint density at radius 2 is 2.08 bits per heavy atom. The lowest BCUT2D eigenvalue weighted by molar-refractivity contribution is -0.0220. The van der Waals surface area contributed by atoms with Crippen molar-refractivity contribution in [3.63, 3.8) is 0 Å². The Morgan fingerprint density at radius 3 is 2.46 bits per heavy atom. The molecule has 0 aromatic heterocycles. The summed E-state index contributed by atoms with van der Waals surface area (Å²) in [6, 6.07) is 0. The molecule has 0 radical (unpaired) electrons. The summed E-state index contributed by atoms with van der Waals surface area (Å²) in [6.45, 7) is 4.06. The Labute approximate surface area is 75.4 Å². The van der Waals surface area contributed by atoms with Crippen LogP contribution in [0.25, 0.3) is 0 Å². The molecule has 0 spiro atoms. The Balaban J connectivity index is 2.56. The molecule has 1 saturated heterocycles. The fourth-order valence-electron chi connectivity index (χ4n) is 1.11. The van der Waals surface area contributed by atoms with E-state index < -0.39 is 26.8 Å². The van der Waals surface area contributed by atoms with Gasteiger partial charge in [0.1, 0.15) is 0 Å². The van der Waals surface area contributed by atoms with Crippen LogP contribution in [-0.4, -0.2) is 18.9 Å². The van der Waals surface area contributed by atoms with Crippen LogP contribution in [-0.2, 0) is 13.6 Å². The van der Waals surface area contributed by atoms with Gasteiger partial charge in [0.25, 0.3) is 0 Å². The zero-order chi connectivity index (χ0) is 10.1. The first kappa shape index (κ1) is 10.8. The molecule has 1 heterocycles. The van der Waals surface area contributed by atoms with Gasteiger partial charge in [0.2, 0.25) is 0 Å². The van der Waals surface area contributed by atoms with Gasteiger partial charge in [0.05, 0.1) is 13.2 Å². The van der Waals surface area contributed by atoms with Crippen molar-refractivity contribution in [1.82, 2.24) is 0 Å². The highest BCUT2D eigenvalue weighted by Gasteiger charge is 2.43. The first-order valence-corrected chi connectivity index (χ1v) is 5.18. The van der Waals surface area contributed by atoms with E-state index in [1.807, 2.05) is 0 Å². The number of halogens is 2. The van der Waals surface area contributed by atoms with Gasteiger partial charge < -0.3 is 0 Å². The van der Waals surface area contributed by atoms with E-state index in [0.29, 0.717) is 5.57 Å². The summed E-state index contributed by atoms with van der Waals surface area (Å²) in [6.07, 6.45) is 0.0208. The normalized spacial score (nSPS) is 40.2. The minimum absolute atomic E-state index is 0.0208. The van der Waals surface area contributed by atoms with Crippen molar-refractivity contribution in [2.45, 2.75) is 19.0 Å². The van der Waals surface area contributed by atoms with Gasteiger partial charge in [-0.1, -0.05) is 5.57 Å². The molecule has 0 aromatic carbocycles. The summed E-state index contributed by atoms with van der Waals surface area (Å²) in [5, 5.41) is 0. The number of rotatable bonds is 2. The monoisotopic (exact) mass is 212 g/mol. The maximum Gasteiger partial charge on any atom is 0.513 e. The summed E-state index contributed by atoms with van der Waals surface area (Å²) in [5.41, 5.74) is -1.20. The van der Waals surface area contributed by atoms with Crippen LogP contribution in [0.2, 0.25) is 0 Å². The smallest absolute Gasteiger partial charge is 0.280 e. The standard InChI is InChI=1S/C7H11F2O3P/c1-6(2)3-7(8)4-11-13(9,10)12-5-7/h1,3-5H2,2H3. The number of hydrogen-bond donors (Lipinski definition) is 0. The molecule has 1 aliphatic heterocycles. The Bertz CT molecular complexity index is 254. The maximum atomic E-state index is 13.6. The first-order chi connectivity index (χ1) is 5.83. The van der Waals surface area contributed by atoms with Crippen LogP contribution in [0, 0.1) is 0 Å². The molecule has 1 rings (SSSR count). The van der Waals surface area contributed by atoms with E-state index in [4.69, 9.17) is 0 Å². The molecule has 0 aromatic rings. The van der Waals surface area contributed by atoms with E-state index >= 15 is 0 Å². The van der Waals surface area contributed by atoms with Gasteiger partial charge in [-0.25, -0.2) is 8.96 Å². The third-order valence-electron chi connectivity index (χ3n) is 1.57. The predicted molar refractivity (Wildman–Crippen MR) is 43.9 cm³/mol. The third-order valence-corrected chi connectivity index (χ3v) is 2.45. The van der Waals surface area contributed by atoms with Gasteiger partial charge in [-0.15, -0.1) is 10.8 Å². The van der Waals surface area contributed by atoms with Crippen LogP contribution in [0.1, 0.15) is 13.3 Å². The van der Waals surface area contributed by atoms with Gasteiger partial charge in [0, 0.05) is 6.42 Å². The molecule has 1 aliphatic rings. The molecule has 13 heavy (non-hydrogen) atoms. The molecule has 0 amide bonds. The Hall–Kier alpha value is -0.250. The largest absolute Gasteiger partial charge is 0.513 e. The van der Waals surface area contributed by atoms with Crippen molar-refractivity contribution < 1.29 is 22.2 Å². The molecule has 0 saturated carbocycles. The molecule has 0 aliphatic carbocycles. The van der Waals surface area contributed by atoms with E-state index in [-0.39, 0.29) is 6.42 Å². The maximum absolute atomic E-state index is 13.6. The van der Waals surface area contributed by atoms with Crippen molar-refractivity contribution >= 4 is 7.91 Å². The molecule has 0 N–H and O–H groups in total. The van der Waals surface area contributed by atoms with Crippen LogP contribution >= 0.6 is 7.91 Å². The van der Waals surface area contributed by atoms with Crippen LogP contribution in [0.5, 0.6) is 0 Å². The minimum Gasteiger partial charge on any atom is -0.280 e. The van der Waals surface area contributed by atoms with Crippen molar-refractivity contribution in [2.75, 3.05) is 13.2 Å². The van der Waals surface area contributed by atoms with Crippen LogP contribution in [0.15, 0.2) is 12.2 Å². The van der Waals surface area contributed by atoms with Gasteiger partial charge in [-0.2, -0.15) is 0 Å². The molecule has 0 unspecified atom stereocenters. The second-order valence-corrected chi connectivity index (χ2v) is 4.64. The predicted octanol–water partition coefficient (Wildman–Crippen LogP) is 2.79. The second-order valence-electron chi connectivity index (χ2n) is 3.26. The molecule has 6 heteroatoms. The van der Waals surface area contributed by atoms with Crippen molar-refractivity contribution in [3.05, 3.63) is 12.2 Å². The number of hydrogen-bond acceptors (Lipinski definition) is 3. The second kappa shape index (κ2) is 3.48. The third kappa shape index (κ3) is 3.18. The van der Waals surface area contributed by atoms with Crippen molar-refractivity contribution in [2.24, 2.45) is 0 Å². The highest BCUT2D eigenvalue weighted by Crippen LogP contribution is 2.54. The Kier molecular flexibility index (Phi) is 2.90. The van der Waals surface area contributed by atoms with Gasteiger partial charge in [-0.3, -0.25) is 9.05 Å². The molecule has 0 bridgehead atoms. The zero-order valence-corrected chi connectivity index (χ0v) is 8.15. The van der Waals surface area contributed by atoms with Crippen LogP contribution in [0.3, 0.4) is 0 Å². The van der Waals surface area contributed by atoms with E-state index in [2.05, 4.69) is 15.6 Å². The van der Waals surface area contributed by atoms with E-state index in [1.54, 1.807) is 6.92 Å². The number of allylic oxidation sites excluding steroid dienone is 1. The molecular formula is C7H11F2O3P. The molecule has 1 fully saturated rings. The van der Waals surface area contributed by atoms with Gasteiger partial charge in [-0.05, 0) is 6.92 Å². The van der Waals surface area contributed by atoms with Crippen LogP contribution < -0.4 is 0 Å².